The second kappa shape index (κ2) is 7.37. The van der Waals surface area contributed by atoms with E-state index in [-0.39, 0.29) is 5.91 Å². The van der Waals surface area contributed by atoms with Gasteiger partial charge in [-0.1, -0.05) is 0 Å². The van der Waals surface area contributed by atoms with Gasteiger partial charge >= 0.3 is 11.9 Å². The third kappa shape index (κ3) is 4.68. The Bertz CT molecular complexity index is 411. The number of nitrogens with one attached hydrogen (secondary N) is 1. The summed E-state index contributed by atoms with van der Waals surface area (Å²) in [5.74, 6) is -1.53. The van der Waals surface area contributed by atoms with E-state index in [2.05, 4.69) is 12.2 Å². The van der Waals surface area contributed by atoms with Gasteiger partial charge in [0.1, 0.15) is 12.1 Å². The summed E-state index contributed by atoms with van der Waals surface area (Å²) in [6.07, 6.45) is -3.60. The standard InChI is InChI=1S/C13H20NO7/c1-6-11(20-8(3)16)12(21-9(4)17)10(14-7(2)15)13(18-5)19-6/h6,10-13H,1H2,2-5H3,(H,14,15). The van der Waals surface area contributed by atoms with Crippen LogP contribution in [0.15, 0.2) is 0 Å². The molecule has 0 saturated carbocycles. The number of methoxy groups -OCH3 is 1. The molecule has 0 aromatic carbocycles. The number of rotatable bonds is 4. The van der Waals surface area contributed by atoms with Gasteiger partial charge in [0.05, 0.1) is 0 Å². The lowest BCUT2D eigenvalue weighted by Gasteiger charge is -2.43. The second-order valence-corrected chi connectivity index (χ2v) is 4.65. The first-order chi connectivity index (χ1) is 9.76. The fraction of sp³-hybridized carbons (Fsp3) is 0.692. The topological polar surface area (TPSA) is 100 Å². The van der Waals surface area contributed by atoms with Crippen molar-refractivity contribution >= 4 is 17.8 Å². The molecule has 0 aromatic heterocycles. The highest BCUT2D eigenvalue weighted by Crippen LogP contribution is 2.26. The van der Waals surface area contributed by atoms with Crippen molar-refractivity contribution in [2.75, 3.05) is 7.11 Å². The smallest absolute Gasteiger partial charge is 0.303 e. The van der Waals surface area contributed by atoms with Crippen LogP contribution in [0, 0.1) is 6.92 Å². The van der Waals surface area contributed by atoms with E-state index in [0.717, 1.165) is 0 Å². The first kappa shape index (κ1) is 17.4. The van der Waals surface area contributed by atoms with Crippen molar-refractivity contribution in [1.82, 2.24) is 5.32 Å². The SMILES string of the molecule is [CH2]C1OC(OC)C(NC(C)=O)C(OC(C)=O)C1OC(C)=O. The lowest BCUT2D eigenvalue weighted by atomic mass is 9.96. The van der Waals surface area contributed by atoms with Gasteiger partial charge in [0.15, 0.2) is 18.5 Å². The molecular weight excluding hydrogens is 282 g/mol. The molecule has 1 fully saturated rings. The van der Waals surface area contributed by atoms with E-state index in [4.69, 9.17) is 18.9 Å². The van der Waals surface area contributed by atoms with Gasteiger partial charge in [-0.15, -0.1) is 0 Å². The van der Waals surface area contributed by atoms with Crippen molar-refractivity contribution in [3.05, 3.63) is 6.92 Å². The number of ether oxygens (including phenoxy) is 4. The van der Waals surface area contributed by atoms with Crippen LogP contribution in [0.2, 0.25) is 0 Å². The summed E-state index contributed by atoms with van der Waals surface area (Å²) in [6.45, 7) is 7.45. The maximum absolute atomic E-state index is 11.3. The molecule has 8 nitrogen and oxygen atoms in total. The van der Waals surface area contributed by atoms with Gasteiger partial charge in [-0.25, -0.2) is 0 Å². The molecule has 0 bridgehead atoms. The third-order valence-electron chi connectivity index (χ3n) is 2.85. The van der Waals surface area contributed by atoms with Crippen LogP contribution in [-0.2, 0) is 33.3 Å². The summed E-state index contributed by atoms with van der Waals surface area (Å²) in [4.78, 5) is 33.8. The summed E-state index contributed by atoms with van der Waals surface area (Å²) in [7, 11) is 1.38. The highest BCUT2D eigenvalue weighted by molar-refractivity contribution is 5.73. The monoisotopic (exact) mass is 302 g/mol. The molecule has 1 N–H and O–H groups in total. The largest absolute Gasteiger partial charge is 0.456 e. The summed E-state index contributed by atoms with van der Waals surface area (Å²) in [5.41, 5.74) is 0. The predicted molar refractivity (Wildman–Crippen MR) is 69.7 cm³/mol. The first-order valence-corrected chi connectivity index (χ1v) is 6.39. The zero-order chi connectivity index (χ0) is 16.2. The summed E-state index contributed by atoms with van der Waals surface area (Å²) in [6, 6.07) is -0.821. The Morgan fingerprint density at radius 1 is 1.05 bits per heavy atom. The molecule has 1 rings (SSSR count). The van der Waals surface area contributed by atoms with Gasteiger partial charge in [-0.05, 0) is 6.92 Å². The van der Waals surface area contributed by atoms with Crippen molar-refractivity contribution in [3.8, 4) is 0 Å². The number of carbonyl (C=O) groups is 3. The van der Waals surface area contributed by atoms with Crippen molar-refractivity contribution in [2.45, 2.75) is 51.4 Å². The predicted octanol–water partition coefficient (Wildman–Crippen LogP) is -0.440. The Hall–Kier alpha value is -1.67. The minimum absolute atomic E-state index is 0.369. The molecule has 5 atom stereocenters. The molecule has 1 heterocycles. The molecule has 1 aliphatic rings. The average molecular weight is 302 g/mol. The number of hydrogen-bond donors (Lipinski definition) is 1. The highest BCUT2D eigenvalue weighted by Gasteiger charge is 2.49. The summed E-state index contributed by atoms with van der Waals surface area (Å²) >= 11 is 0. The summed E-state index contributed by atoms with van der Waals surface area (Å²) in [5, 5.41) is 2.58. The highest BCUT2D eigenvalue weighted by atomic mass is 16.7. The normalized spacial score (nSPS) is 32.1. The number of amides is 1. The maximum atomic E-state index is 11.3. The van der Waals surface area contributed by atoms with Crippen LogP contribution in [0.1, 0.15) is 20.8 Å². The molecule has 1 aliphatic heterocycles. The van der Waals surface area contributed by atoms with E-state index in [1.165, 1.54) is 27.9 Å². The van der Waals surface area contributed by atoms with Crippen LogP contribution in [-0.4, -0.2) is 55.6 Å². The number of carbonyl (C=O) groups excluding carboxylic acids is 3. The van der Waals surface area contributed by atoms with Crippen LogP contribution in [0.3, 0.4) is 0 Å². The van der Waals surface area contributed by atoms with Crippen molar-refractivity contribution in [2.24, 2.45) is 0 Å². The van der Waals surface area contributed by atoms with Crippen LogP contribution >= 0.6 is 0 Å². The van der Waals surface area contributed by atoms with E-state index in [1.807, 2.05) is 0 Å². The molecule has 0 aromatic rings. The summed E-state index contributed by atoms with van der Waals surface area (Å²) < 4.78 is 20.9. The third-order valence-corrected chi connectivity index (χ3v) is 2.85. The van der Waals surface area contributed by atoms with Gasteiger partial charge in [0.25, 0.3) is 0 Å². The van der Waals surface area contributed by atoms with Gasteiger partial charge in [-0.2, -0.15) is 0 Å². The second-order valence-electron chi connectivity index (χ2n) is 4.65. The molecule has 21 heavy (non-hydrogen) atoms. The number of esters is 2. The van der Waals surface area contributed by atoms with Gasteiger partial charge in [0, 0.05) is 27.9 Å². The molecule has 0 aliphatic carbocycles. The van der Waals surface area contributed by atoms with Gasteiger partial charge in [-0.3, -0.25) is 14.4 Å². The van der Waals surface area contributed by atoms with Crippen LogP contribution < -0.4 is 5.32 Å². The van der Waals surface area contributed by atoms with E-state index in [0.29, 0.717) is 0 Å². The lowest BCUT2D eigenvalue weighted by Crippen LogP contribution is -2.65. The fourth-order valence-electron chi connectivity index (χ4n) is 2.16. The molecule has 1 amide bonds. The first-order valence-electron chi connectivity index (χ1n) is 6.39. The number of hydrogen-bond acceptors (Lipinski definition) is 7. The van der Waals surface area contributed by atoms with Gasteiger partial charge < -0.3 is 24.3 Å². The van der Waals surface area contributed by atoms with E-state index in [9.17, 15) is 14.4 Å². The minimum atomic E-state index is -0.962. The Kier molecular flexibility index (Phi) is 6.10. The Morgan fingerprint density at radius 3 is 2.00 bits per heavy atom. The molecule has 1 saturated heterocycles. The lowest BCUT2D eigenvalue weighted by molar-refractivity contribution is -0.255. The Labute approximate surface area is 123 Å². The molecular formula is C13H20NO7. The Morgan fingerprint density at radius 2 is 1.57 bits per heavy atom. The van der Waals surface area contributed by atoms with Crippen molar-refractivity contribution < 1.29 is 33.3 Å². The van der Waals surface area contributed by atoms with E-state index in [1.54, 1.807) is 0 Å². The average Bonchev–Trinajstić information content (AvgIpc) is 2.35. The molecule has 8 heteroatoms. The quantitative estimate of drug-likeness (QED) is 0.703. The molecule has 5 unspecified atom stereocenters. The molecule has 1 radical (unpaired) electrons. The molecule has 119 valence electrons. The molecule has 0 spiro atoms. The zero-order valence-corrected chi connectivity index (χ0v) is 12.5. The minimum Gasteiger partial charge on any atom is -0.456 e. The van der Waals surface area contributed by atoms with Gasteiger partial charge in [0.2, 0.25) is 5.91 Å². The van der Waals surface area contributed by atoms with Crippen molar-refractivity contribution in [3.63, 3.8) is 0 Å². The van der Waals surface area contributed by atoms with E-state index < -0.39 is 42.6 Å². The fourth-order valence-corrected chi connectivity index (χ4v) is 2.16. The van der Waals surface area contributed by atoms with Crippen LogP contribution in [0.25, 0.3) is 0 Å². The van der Waals surface area contributed by atoms with E-state index >= 15 is 0 Å². The maximum Gasteiger partial charge on any atom is 0.303 e. The zero-order valence-electron chi connectivity index (χ0n) is 12.5. The van der Waals surface area contributed by atoms with Crippen LogP contribution in [0.5, 0.6) is 0 Å². The van der Waals surface area contributed by atoms with Crippen molar-refractivity contribution in [1.29, 1.82) is 0 Å². The Balaban J connectivity index is 3.08. The van der Waals surface area contributed by atoms with Crippen LogP contribution in [0.4, 0.5) is 0 Å².